The van der Waals surface area contributed by atoms with Crippen LogP contribution < -0.4 is 5.32 Å². The summed E-state index contributed by atoms with van der Waals surface area (Å²) in [7, 11) is 0. The minimum atomic E-state index is -0.868. The van der Waals surface area contributed by atoms with E-state index in [-0.39, 0.29) is 12.5 Å². The Bertz CT molecular complexity index is 866. The number of hydrogen-bond donors (Lipinski definition) is 3. The first-order valence-electron chi connectivity index (χ1n) is 25.7. The minimum absolute atomic E-state index is 0.0731. The highest BCUT2D eigenvalue weighted by Gasteiger charge is 2.17. The zero-order valence-corrected chi connectivity index (χ0v) is 38.6. The summed E-state index contributed by atoms with van der Waals surface area (Å²) in [5.41, 5.74) is 0. The van der Waals surface area contributed by atoms with E-state index >= 15 is 0 Å². The standard InChI is InChI=1S/C53H101NO3/c1-3-5-7-9-11-13-15-17-19-21-23-25-27-29-31-33-35-37-39-41-43-45-47-49-53(57)54-51(50-55)52(56)48-46-44-42-40-38-36-34-32-30-28-26-24-22-20-18-16-14-12-10-8-6-4-2/h30,32,38,40,46,48,51-52,55-56H,3-29,31,33-37,39,41-45,47,49-50H2,1-2H3,(H,54,57)/b32-30+,40-38+,48-46+. The molecule has 0 aliphatic rings. The fourth-order valence-electron chi connectivity index (χ4n) is 7.92. The minimum Gasteiger partial charge on any atom is -0.394 e. The van der Waals surface area contributed by atoms with Crippen LogP contribution in [0.1, 0.15) is 277 Å². The number of carbonyl (C=O) groups excluding carboxylic acids is 1. The number of amides is 1. The molecule has 1 amide bonds. The Morgan fingerprint density at radius 3 is 1.02 bits per heavy atom. The van der Waals surface area contributed by atoms with Crippen molar-refractivity contribution in [3.8, 4) is 0 Å². The van der Waals surface area contributed by atoms with Crippen LogP contribution in [-0.4, -0.2) is 34.9 Å². The number of hydrogen-bond acceptors (Lipinski definition) is 3. The molecule has 0 aliphatic carbocycles. The average molecular weight is 800 g/mol. The second-order valence-corrected chi connectivity index (χ2v) is 17.6. The van der Waals surface area contributed by atoms with Crippen molar-refractivity contribution in [1.82, 2.24) is 5.32 Å². The van der Waals surface area contributed by atoms with Crippen molar-refractivity contribution < 1.29 is 15.0 Å². The average Bonchev–Trinajstić information content (AvgIpc) is 3.22. The Morgan fingerprint density at radius 2 is 0.684 bits per heavy atom. The fourth-order valence-corrected chi connectivity index (χ4v) is 7.92. The molecule has 0 radical (unpaired) electrons. The molecule has 0 aromatic rings. The van der Waals surface area contributed by atoms with Gasteiger partial charge in [0, 0.05) is 6.42 Å². The largest absolute Gasteiger partial charge is 0.394 e. The van der Waals surface area contributed by atoms with Gasteiger partial charge in [0.15, 0.2) is 0 Å². The molecule has 0 rings (SSSR count). The van der Waals surface area contributed by atoms with E-state index in [2.05, 4.69) is 43.5 Å². The van der Waals surface area contributed by atoms with Gasteiger partial charge < -0.3 is 15.5 Å². The molecule has 2 atom stereocenters. The Labute approximate surface area is 357 Å². The number of aliphatic hydroxyl groups excluding tert-OH is 2. The van der Waals surface area contributed by atoms with Gasteiger partial charge in [0.25, 0.3) is 0 Å². The lowest BCUT2D eigenvalue weighted by Crippen LogP contribution is -2.45. The van der Waals surface area contributed by atoms with Gasteiger partial charge >= 0.3 is 0 Å². The first kappa shape index (κ1) is 55.6. The molecule has 0 aromatic carbocycles. The van der Waals surface area contributed by atoms with Crippen LogP contribution in [0.4, 0.5) is 0 Å². The van der Waals surface area contributed by atoms with Gasteiger partial charge in [-0.15, -0.1) is 0 Å². The molecule has 4 heteroatoms. The Balaban J connectivity index is 3.56. The lowest BCUT2D eigenvalue weighted by molar-refractivity contribution is -0.123. The molecule has 336 valence electrons. The van der Waals surface area contributed by atoms with Crippen molar-refractivity contribution in [3.05, 3.63) is 36.5 Å². The summed E-state index contributed by atoms with van der Waals surface area (Å²) >= 11 is 0. The Hall–Kier alpha value is -1.39. The summed E-state index contributed by atoms with van der Waals surface area (Å²) in [4.78, 5) is 12.4. The maximum Gasteiger partial charge on any atom is 0.220 e. The fraction of sp³-hybridized carbons (Fsp3) is 0.868. The lowest BCUT2D eigenvalue weighted by Gasteiger charge is -2.19. The molecule has 0 spiro atoms. The van der Waals surface area contributed by atoms with Crippen LogP contribution in [0.25, 0.3) is 0 Å². The van der Waals surface area contributed by atoms with Crippen LogP contribution in [0.5, 0.6) is 0 Å². The quantitative estimate of drug-likeness (QED) is 0.0424. The van der Waals surface area contributed by atoms with Crippen molar-refractivity contribution in [3.63, 3.8) is 0 Å². The van der Waals surface area contributed by atoms with E-state index in [0.29, 0.717) is 6.42 Å². The summed E-state index contributed by atoms with van der Waals surface area (Å²) in [5, 5.41) is 23.1. The van der Waals surface area contributed by atoms with E-state index in [1.807, 2.05) is 6.08 Å². The molecule has 4 nitrogen and oxygen atoms in total. The van der Waals surface area contributed by atoms with E-state index in [9.17, 15) is 15.0 Å². The highest BCUT2D eigenvalue weighted by molar-refractivity contribution is 5.76. The molecule has 57 heavy (non-hydrogen) atoms. The van der Waals surface area contributed by atoms with Gasteiger partial charge in [-0.1, -0.05) is 262 Å². The van der Waals surface area contributed by atoms with Crippen LogP contribution in [0, 0.1) is 0 Å². The predicted molar refractivity (Wildman–Crippen MR) is 253 cm³/mol. The smallest absolute Gasteiger partial charge is 0.220 e. The molecule has 0 heterocycles. The molecule has 0 saturated heterocycles. The molecule has 2 unspecified atom stereocenters. The summed E-state index contributed by atoms with van der Waals surface area (Å²) < 4.78 is 0. The van der Waals surface area contributed by atoms with Crippen molar-refractivity contribution in [2.24, 2.45) is 0 Å². The Morgan fingerprint density at radius 1 is 0.404 bits per heavy atom. The molecular formula is C53H101NO3. The third-order valence-electron chi connectivity index (χ3n) is 11.9. The van der Waals surface area contributed by atoms with Gasteiger partial charge in [-0.05, 0) is 44.9 Å². The zero-order valence-electron chi connectivity index (χ0n) is 38.6. The zero-order chi connectivity index (χ0) is 41.4. The van der Waals surface area contributed by atoms with E-state index < -0.39 is 12.1 Å². The number of nitrogens with one attached hydrogen (secondary N) is 1. The monoisotopic (exact) mass is 800 g/mol. The summed E-state index contributed by atoms with van der Waals surface area (Å²) in [5.74, 6) is -0.0731. The molecule has 0 aliphatic heterocycles. The molecular weight excluding hydrogens is 699 g/mol. The van der Waals surface area contributed by atoms with Crippen LogP contribution in [0.2, 0.25) is 0 Å². The number of aliphatic hydroxyl groups is 2. The van der Waals surface area contributed by atoms with Gasteiger partial charge in [0.1, 0.15) is 0 Å². The first-order chi connectivity index (χ1) is 28.2. The van der Waals surface area contributed by atoms with Crippen molar-refractivity contribution in [1.29, 1.82) is 0 Å². The van der Waals surface area contributed by atoms with Crippen molar-refractivity contribution in [2.75, 3.05) is 6.61 Å². The third-order valence-corrected chi connectivity index (χ3v) is 11.9. The van der Waals surface area contributed by atoms with Crippen LogP contribution >= 0.6 is 0 Å². The number of allylic oxidation sites excluding steroid dienone is 5. The summed E-state index contributed by atoms with van der Waals surface area (Å²) in [6, 6.07) is -0.643. The SMILES string of the molecule is CCCCCCCCCCCCCC/C=C/CC/C=C/CC/C=C/C(O)C(CO)NC(=O)CCCCCCCCCCCCCCCCCCCCCCCCC. The Kier molecular flexibility index (Phi) is 47.8. The maximum atomic E-state index is 12.4. The lowest BCUT2D eigenvalue weighted by atomic mass is 10.0. The van der Waals surface area contributed by atoms with Gasteiger partial charge in [0.05, 0.1) is 18.8 Å². The topological polar surface area (TPSA) is 69.6 Å². The van der Waals surface area contributed by atoms with Crippen LogP contribution in [0.3, 0.4) is 0 Å². The molecule has 0 saturated carbocycles. The number of carbonyl (C=O) groups is 1. The van der Waals surface area contributed by atoms with Gasteiger partial charge in [-0.25, -0.2) is 0 Å². The van der Waals surface area contributed by atoms with E-state index in [1.54, 1.807) is 6.08 Å². The van der Waals surface area contributed by atoms with Gasteiger partial charge in [-0.3, -0.25) is 4.79 Å². The second kappa shape index (κ2) is 49.0. The number of unbranched alkanes of at least 4 members (excludes halogenated alkanes) is 36. The highest BCUT2D eigenvalue weighted by Crippen LogP contribution is 2.16. The summed E-state index contributed by atoms with van der Waals surface area (Å²) in [6.45, 7) is 4.32. The van der Waals surface area contributed by atoms with Crippen LogP contribution in [0.15, 0.2) is 36.5 Å². The van der Waals surface area contributed by atoms with Gasteiger partial charge in [-0.2, -0.15) is 0 Å². The maximum absolute atomic E-state index is 12.4. The molecule has 0 bridgehead atoms. The van der Waals surface area contributed by atoms with Crippen molar-refractivity contribution in [2.45, 2.75) is 289 Å². The van der Waals surface area contributed by atoms with Crippen LogP contribution in [-0.2, 0) is 4.79 Å². The van der Waals surface area contributed by atoms with E-state index in [1.165, 1.54) is 218 Å². The van der Waals surface area contributed by atoms with E-state index in [4.69, 9.17) is 0 Å². The second-order valence-electron chi connectivity index (χ2n) is 17.6. The van der Waals surface area contributed by atoms with Crippen molar-refractivity contribution >= 4 is 5.91 Å². The van der Waals surface area contributed by atoms with Gasteiger partial charge in [0.2, 0.25) is 5.91 Å². The first-order valence-corrected chi connectivity index (χ1v) is 25.7. The molecule has 3 N–H and O–H groups in total. The summed E-state index contributed by atoms with van der Waals surface area (Å²) in [6.07, 6.45) is 65.7. The highest BCUT2D eigenvalue weighted by atomic mass is 16.3. The molecule has 0 fully saturated rings. The third kappa shape index (κ3) is 45.5. The number of rotatable bonds is 47. The normalized spacial score (nSPS) is 13.1. The predicted octanol–water partition coefficient (Wildman–Crippen LogP) is 16.5. The van der Waals surface area contributed by atoms with E-state index in [0.717, 1.165) is 38.5 Å². The molecule has 0 aromatic heterocycles.